The van der Waals surface area contributed by atoms with E-state index in [1.165, 1.54) is 6.21 Å². The summed E-state index contributed by atoms with van der Waals surface area (Å²) in [5, 5.41) is 5.81. The number of amides is 1. The minimum Gasteiger partial charge on any atom is -0.493 e. The second-order valence-corrected chi connectivity index (χ2v) is 9.35. The quantitative estimate of drug-likeness (QED) is 0.158. The molecule has 0 fully saturated rings. The monoisotopic (exact) mass is 568 g/mol. The van der Waals surface area contributed by atoms with Crippen molar-refractivity contribution in [3.05, 3.63) is 122 Å². The van der Waals surface area contributed by atoms with Gasteiger partial charge in [-0.2, -0.15) is 5.10 Å². The number of halogens is 3. The molecule has 6 nitrogen and oxygen atoms in total. The fourth-order valence-electron chi connectivity index (χ4n) is 3.36. The van der Waals surface area contributed by atoms with Crippen LogP contribution in [0.2, 0.25) is 15.1 Å². The Morgan fingerprint density at radius 2 is 1.55 bits per heavy atom. The Kier molecular flexibility index (Phi) is 9.49. The predicted octanol–water partition coefficient (Wildman–Crippen LogP) is 7.58. The molecule has 4 rings (SSSR count). The molecule has 0 aliphatic heterocycles. The first kappa shape index (κ1) is 27.3. The van der Waals surface area contributed by atoms with Gasteiger partial charge in [0.25, 0.3) is 5.91 Å². The van der Waals surface area contributed by atoms with Crippen LogP contribution in [0.25, 0.3) is 0 Å². The second kappa shape index (κ2) is 13.2. The summed E-state index contributed by atoms with van der Waals surface area (Å²) in [5.41, 5.74) is 5.47. The summed E-state index contributed by atoms with van der Waals surface area (Å²) in [6, 6.07) is 24.7. The summed E-state index contributed by atoms with van der Waals surface area (Å²) in [4.78, 5) is 12.5. The van der Waals surface area contributed by atoms with Crippen LogP contribution in [-0.4, -0.2) is 19.2 Å². The molecule has 4 aromatic carbocycles. The zero-order valence-corrected chi connectivity index (χ0v) is 22.6. The van der Waals surface area contributed by atoms with Gasteiger partial charge in [-0.1, -0.05) is 53.0 Å². The molecule has 0 aliphatic carbocycles. The summed E-state index contributed by atoms with van der Waals surface area (Å²) in [6.07, 6.45) is 1.52. The van der Waals surface area contributed by atoms with Crippen LogP contribution >= 0.6 is 34.8 Å². The lowest BCUT2D eigenvalue weighted by atomic mass is 10.2. The lowest BCUT2D eigenvalue weighted by Gasteiger charge is -2.11. The Morgan fingerprint density at radius 1 is 0.816 bits per heavy atom. The molecule has 0 spiro atoms. The summed E-state index contributed by atoms with van der Waals surface area (Å²) < 4.78 is 17.1. The van der Waals surface area contributed by atoms with Gasteiger partial charge >= 0.3 is 0 Å². The van der Waals surface area contributed by atoms with E-state index in [9.17, 15) is 4.79 Å². The number of carbonyl (C=O) groups is 1. The topological polar surface area (TPSA) is 69.2 Å². The Morgan fingerprint density at radius 3 is 2.26 bits per heavy atom. The molecule has 0 unspecified atom stereocenters. The molecular weight excluding hydrogens is 547 g/mol. The van der Waals surface area contributed by atoms with Crippen molar-refractivity contribution in [3.8, 4) is 17.2 Å². The van der Waals surface area contributed by atoms with E-state index in [1.54, 1.807) is 55.6 Å². The number of nitrogens with zero attached hydrogens (tertiary/aromatic N) is 1. The van der Waals surface area contributed by atoms with Gasteiger partial charge in [0.1, 0.15) is 19.0 Å². The molecule has 0 heterocycles. The molecule has 0 radical (unpaired) electrons. The van der Waals surface area contributed by atoms with Crippen LogP contribution < -0.4 is 19.6 Å². The van der Waals surface area contributed by atoms with Gasteiger partial charge in [0.15, 0.2) is 11.5 Å². The highest BCUT2D eigenvalue weighted by molar-refractivity contribution is 6.35. The molecule has 0 saturated carbocycles. The number of ether oxygens (including phenoxy) is 3. The molecule has 4 aromatic rings. The van der Waals surface area contributed by atoms with Crippen LogP contribution in [0.5, 0.6) is 17.2 Å². The highest BCUT2D eigenvalue weighted by Crippen LogP contribution is 2.28. The first-order chi connectivity index (χ1) is 18.4. The number of hydrogen-bond acceptors (Lipinski definition) is 5. The van der Waals surface area contributed by atoms with Gasteiger partial charge in [-0.05, 0) is 77.9 Å². The zero-order chi connectivity index (χ0) is 26.9. The van der Waals surface area contributed by atoms with Crippen molar-refractivity contribution in [3.63, 3.8) is 0 Å². The number of benzene rings is 4. The molecule has 0 bridgehead atoms. The summed E-state index contributed by atoms with van der Waals surface area (Å²) >= 11 is 18.0. The fourth-order valence-corrected chi connectivity index (χ4v) is 3.95. The third kappa shape index (κ3) is 7.65. The predicted molar refractivity (Wildman–Crippen MR) is 151 cm³/mol. The fraction of sp³-hybridized carbons (Fsp3) is 0.103. The van der Waals surface area contributed by atoms with Crippen molar-refractivity contribution in [1.82, 2.24) is 5.43 Å². The van der Waals surface area contributed by atoms with Crippen LogP contribution in [0, 0.1) is 0 Å². The van der Waals surface area contributed by atoms with Gasteiger partial charge < -0.3 is 14.2 Å². The Hall–Kier alpha value is -3.71. The maximum absolute atomic E-state index is 12.5. The van der Waals surface area contributed by atoms with E-state index in [0.717, 1.165) is 16.7 Å². The maximum Gasteiger partial charge on any atom is 0.271 e. The minimum absolute atomic E-state index is 0.278. The smallest absolute Gasteiger partial charge is 0.271 e. The van der Waals surface area contributed by atoms with Crippen molar-refractivity contribution in [2.75, 3.05) is 7.11 Å². The van der Waals surface area contributed by atoms with Crippen molar-refractivity contribution >= 4 is 46.9 Å². The summed E-state index contributed by atoms with van der Waals surface area (Å²) in [5.74, 6) is 1.37. The second-order valence-electron chi connectivity index (χ2n) is 8.07. The van der Waals surface area contributed by atoms with E-state index >= 15 is 0 Å². The van der Waals surface area contributed by atoms with E-state index in [-0.39, 0.29) is 12.5 Å². The van der Waals surface area contributed by atoms with E-state index in [1.807, 2.05) is 36.4 Å². The number of nitrogens with one attached hydrogen (secondary N) is 1. The van der Waals surface area contributed by atoms with Crippen molar-refractivity contribution in [1.29, 1.82) is 0 Å². The number of hydrazone groups is 1. The first-order valence-corrected chi connectivity index (χ1v) is 12.6. The largest absolute Gasteiger partial charge is 0.493 e. The number of carbonyl (C=O) groups excluding carboxylic acids is 1. The van der Waals surface area contributed by atoms with Crippen molar-refractivity contribution in [2.45, 2.75) is 13.2 Å². The van der Waals surface area contributed by atoms with Gasteiger partial charge in [-0.25, -0.2) is 5.43 Å². The third-order valence-corrected chi connectivity index (χ3v) is 6.24. The molecule has 0 aromatic heterocycles. The van der Waals surface area contributed by atoms with Gasteiger partial charge in [0.05, 0.1) is 13.3 Å². The standard InChI is InChI=1S/C29H23Cl3N2O4/c1-36-28-14-20(4-13-27(28)38-17-19-2-8-23(30)9-3-19)16-33-34-29(35)21-6-11-25(12-7-21)37-18-22-5-10-24(31)15-26(22)32/h2-16H,17-18H2,1H3,(H,34,35)/b33-16+. The average Bonchev–Trinajstić information content (AvgIpc) is 2.93. The highest BCUT2D eigenvalue weighted by atomic mass is 35.5. The molecule has 9 heteroatoms. The number of methoxy groups -OCH3 is 1. The minimum atomic E-state index is -0.358. The Labute approximate surface area is 235 Å². The molecule has 194 valence electrons. The van der Waals surface area contributed by atoms with Crippen molar-refractivity contribution in [2.24, 2.45) is 5.10 Å². The maximum atomic E-state index is 12.5. The highest BCUT2D eigenvalue weighted by Gasteiger charge is 2.08. The van der Waals surface area contributed by atoms with E-state index in [0.29, 0.717) is 44.5 Å². The van der Waals surface area contributed by atoms with Crippen molar-refractivity contribution < 1.29 is 19.0 Å². The lowest BCUT2D eigenvalue weighted by Crippen LogP contribution is -2.17. The van der Waals surface area contributed by atoms with Crippen LogP contribution in [0.4, 0.5) is 0 Å². The van der Waals surface area contributed by atoms with Crippen LogP contribution in [0.15, 0.2) is 90.0 Å². The molecule has 0 atom stereocenters. The zero-order valence-electron chi connectivity index (χ0n) is 20.3. The average molecular weight is 570 g/mol. The Balaban J connectivity index is 1.29. The lowest BCUT2D eigenvalue weighted by molar-refractivity contribution is 0.0955. The van der Waals surface area contributed by atoms with E-state index in [2.05, 4.69) is 10.5 Å². The van der Waals surface area contributed by atoms with E-state index in [4.69, 9.17) is 49.0 Å². The summed E-state index contributed by atoms with van der Waals surface area (Å²) in [7, 11) is 1.56. The molecule has 38 heavy (non-hydrogen) atoms. The third-order valence-electron chi connectivity index (χ3n) is 5.40. The summed E-state index contributed by atoms with van der Waals surface area (Å²) in [6.45, 7) is 0.649. The van der Waals surface area contributed by atoms with Crippen LogP contribution in [-0.2, 0) is 13.2 Å². The molecule has 0 saturated heterocycles. The van der Waals surface area contributed by atoms with Gasteiger partial charge in [-0.3, -0.25) is 4.79 Å². The number of hydrogen-bond donors (Lipinski definition) is 1. The molecule has 1 N–H and O–H groups in total. The molecule has 0 aliphatic rings. The normalized spacial score (nSPS) is 10.8. The first-order valence-electron chi connectivity index (χ1n) is 11.5. The Bertz CT molecular complexity index is 1430. The molecular formula is C29H23Cl3N2O4. The van der Waals surface area contributed by atoms with E-state index < -0.39 is 0 Å². The number of rotatable bonds is 10. The van der Waals surface area contributed by atoms with Crippen LogP contribution in [0.3, 0.4) is 0 Å². The van der Waals surface area contributed by atoms with Gasteiger partial charge in [0.2, 0.25) is 0 Å². The van der Waals surface area contributed by atoms with Crippen LogP contribution in [0.1, 0.15) is 27.0 Å². The SMILES string of the molecule is COc1cc(/C=N/NC(=O)c2ccc(OCc3ccc(Cl)cc3Cl)cc2)ccc1OCc1ccc(Cl)cc1. The van der Waals surface area contributed by atoms with Gasteiger partial charge in [-0.15, -0.1) is 0 Å². The van der Waals surface area contributed by atoms with Gasteiger partial charge in [0, 0.05) is 26.2 Å². The molecule has 1 amide bonds.